The molecule has 4 rings (SSSR count). The van der Waals surface area contributed by atoms with Gasteiger partial charge in [0.1, 0.15) is 11.6 Å². The fourth-order valence-corrected chi connectivity index (χ4v) is 6.63. The molecular weight excluding hydrogens is 436 g/mol. The zero-order chi connectivity index (χ0) is 24.3. The number of hydrogen-bond donors (Lipinski definition) is 1. The Morgan fingerprint density at radius 3 is 2.65 bits per heavy atom. The Morgan fingerprint density at radius 2 is 1.97 bits per heavy atom. The van der Waals surface area contributed by atoms with Crippen LogP contribution in [-0.2, 0) is 23.9 Å². The molecule has 1 N–H and O–H groups in total. The Hall–Kier alpha value is -2.19. The average molecular weight is 475 g/mol. The summed E-state index contributed by atoms with van der Waals surface area (Å²) in [4.78, 5) is 44.4. The largest absolute Gasteiger partial charge is 0.465 e. The molecule has 2 unspecified atom stereocenters. The number of fused-ring (bicyclic) bond motifs is 1. The van der Waals surface area contributed by atoms with Crippen LogP contribution in [0.15, 0.2) is 25.3 Å². The Labute approximate surface area is 201 Å². The van der Waals surface area contributed by atoms with E-state index in [1.807, 2.05) is 4.90 Å². The number of carbonyl (C=O) groups excluding carboxylic acids is 3. The van der Waals surface area contributed by atoms with Crippen LogP contribution in [0.2, 0.25) is 0 Å². The van der Waals surface area contributed by atoms with E-state index < -0.39 is 35.6 Å². The number of carbonyl (C=O) groups is 3. The molecule has 5 atom stereocenters. The molecule has 1 spiro atoms. The summed E-state index contributed by atoms with van der Waals surface area (Å²) in [5.74, 6) is -2.23. The highest BCUT2D eigenvalue weighted by Gasteiger charge is 2.75. The van der Waals surface area contributed by atoms with Crippen molar-refractivity contribution in [1.82, 2.24) is 9.80 Å². The lowest BCUT2D eigenvalue weighted by Crippen LogP contribution is -2.58. The first-order chi connectivity index (χ1) is 16.5. The number of rotatable bonds is 11. The van der Waals surface area contributed by atoms with E-state index in [0.29, 0.717) is 32.2 Å². The molecule has 34 heavy (non-hydrogen) atoms. The molecule has 3 saturated heterocycles. The number of ether oxygens (including phenoxy) is 2. The monoisotopic (exact) mass is 474 g/mol. The van der Waals surface area contributed by atoms with Crippen LogP contribution >= 0.6 is 0 Å². The van der Waals surface area contributed by atoms with Gasteiger partial charge in [-0.15, -0.1) is 13.2 Å². The predicted molar refractivity (Wildman–Crippen MR) is 126 cm³/mol. The highest BCUT2D eigenvalue weighted by Crippen LogP contribution is 2.59. The van der Waals surface area contributed by atoms with E-state index in [4.69, 9.17) is 9.47 Å². The number of likely N-dealkylation sites (tertiary alicyclic amines) is 1. The first-order valence-corrected chi connectivity index (χ1v) is 12.8. The number of nitrogens with zero attached hydrogens (tertiary/aromatic N) is 2. The summed E-state index contributed by atoms with van der Waals surface area (Å²) in [6.07, 6.45) is 10.3. The molecule has 8 nitrogen and oxygen atoms in total. The molecule has 4 aliphatic rings. The predicted octanol–water partition coefficient (Wildman–Crippen LogP) is 2.21. The van der Waals surface area contributed by atoms with E-state index in [1.54, 1.807) is 17.1 Å². The van der Waals surface area contributed by atoms with Gasteiger partial charge in [0.25, 0.3) is 0 Å². The number of amides is 2. The Balaban J connectivity index is 1.66. The zero-order valence-corrected chi connectivity index (χ0v) is 20.0. The molecule has 0 radical (unpaired) electrons. The summed E-state index contributed by atoms with van der Waals surface area (Å²) in [6.45, 7) is 8.31. The number of aliphatic hydroxyl groups excluding tert-OH is 1. The molecule has 0 aromatic rings. The molecule has 188 valence electrons. The van der Waals surface area contributed by atoms with Crippen molar-refractivity contribution in [2.75, 3.05) is 26.3 Å². The van der Waals surface area contributed by atoms with Gasteiger partial charge in [-0.2, -0.15) is 0 Å². The normalized spacial score (nSPS) is 32.5. The number of esters is 1. The van der Waals surface area contributed by atoms with E-state index in [-0.39, 0.29) is 37.6 Å². The minimum atomic E-state index is -1.02. The molecule has 2 amide bonds. The second-order valence-electron chi connectivity index (χ2n) is 9.98. The van der Waals surface area contributed by atoms with Crippen LogP contribution in [0.1, 0.15) is 57.8 Å². The van der Waals surface area contributed by atoms with E-state index in [0.717, 1.165) is 25.7 Å². The van der Waals surface area contributed by atoms with Crippen molar-refractivity contribution in [2.24, 2.45) is 11.8 Å². The van der Waals surface area contributed by atoms with Crippen molar-refractivity contribution in [3.63, 3.8) is 0 Å². The third-order valence-corrected chi connectivity index (χ3v) is 8.05. The molecule has 0 aromatic heterocycles. The van der Waals surface area contributed by atoms with Crippen molar-refractivity contribution >= 4 is 17.8 Å². The van der Waals surface area contributed by atoms with Crippen molar-refractivity contribution in [3.05, 3.63) is 25.3 Å². The lowest BCUT2D eigenvalue weighted by Gasteiger charge is -2.40. The number of aliphatic hydroxyl groups is 1. The highest BCUT2D eigenvalue weighted by atomic mass is 16.6. The maximum atomic E-state index is 14.2. The second kappa shape index (κ2) is 10.6. The summed E-state index contributed by atoms with van der Waals surface area (Å²) < 4.78 is 11.9. The molecule has 1 saturated carbocycles. The van der Waals surface area contributed by atoms with Gasteiger partial charge in [-0.1, -0.05) is 31.4 Å². The standard InChI is InChI=1S/C26H38N2O6/c1-3-5-17-33-25(32)20-19-12-13-26(34-19)21(20)23(30)28(15-9-16-29)22(26)24(31)27(14-4-2)18-10-7-6-8-11-18/h3-4,18-22,29H,1-2,5-17H2/t19-,20+,21+,22?,26?/m1/s1. The van der Waals surface area contributed by atoms with Gasteiger partial charge in [0.2, 0.25) is 11.8 Å². The van der Waals surface area contributed by atoms with E-state index >= 15 is 0 Å². The lowest BCUT2D eigenvalue weighted by atomic mass is 9.70. The van der Waals surface area contributed by atoms with Crippen molar-refractivity contribution in [3.8, 4) is 0 Å². The third kappa shape index (κ3) is 4.19. The molecule has 3 heterocycles. The van der Waals surface area contributed by atoms with E-state index in [2.05, 4.69) is 13.2 Å². The highest BCUT2D eigenvalue weighted by molar-refractivity contribution is 5.98. The maximum absolute atomic E-state index is 14.2. The smallest absolute Gasteiger partial charge is 0.312 e. The fraction of sp³-hybridized carbons (Fsp3) is 0.731. The van der Waals surface area contributed by atoms with Gasteiger partial charge in [-0.3, -0.25) is 14.4 Å². The topological polar surface area (TPSA) is 96.4 Å². The Bertz CT molecular complexity index is 809. The fourth-order valence-electron chi connectivity index (χ4n) is 6.63. The van der Waals surface area contributed by atoms with E-state index in [9.17, 15) is 19.5 Å². The van der Waals surface area contributed by atoms with Crippen LogP contribution in [0, 0.1) is 11.8 Å². The van der Waals surface area contributed by atoms with Crippen LogP contribution in [0.3, 0.4) is 0 Å². The summed E-state index contributed by atoms with van der Waals surface area (Å²) in [5, 5.41) is 9.47. The lowest BCUT2D eigenvalue weighted by molar-refractivity contribution is -0.155. The molecule has 4 fully saturated rings. The average Bonchev–Trinajstić information content (AvgIpc) is 3.49. The van der Waals surface area contributed by atoms with Gasteiger partial charge in [-0.05, 0) is 38.5 Å². The summed E-state index contributed by atoms with van der Waals surface area (Å²) in [6, 6.07) is -0.683. The summed E-state index contributed by atoms with van der Waals surface area (Å²) >= 11 is 0. The third-order valence-electron chi connectivity index (χ3n) is 8.05. The van der Waals surface area contributed by atoms with Gasteiger partial charge in [0.05, 0.1) is 24.5 Å². The van der Waals surface area contributed by atoms with Crippen LogP contribution in [0.5, 0.6) is 0 Å². The zero-order valence-electron chi connectivity index (χ0n) is 20.0. The second-order valence-corrected chi connectivity index (χ2v) is 9.98. The van der Waals surface area contributed by atoms with Crippen molar-refractivity contribution in [2.45, 2.75) is 81.6 Å². The molecule has 8 heteroatoms. The molecular formula is C26H38N2O6. The van der Waals surface area contributed by atoms with Gasteiger partial charge in [0, 0.05) is 25.7 Å². The number of hydrogen-bond acceptors (Lipinski definition) is 6. The Morgan fingerprint density at radius 1 is 1.21 bits per heavy atom. The minimum Gasteiger partial charge on any atom is -0.465 e. The van der Waals surface area contributed by atoms with Gasteiger partial charge >= 0.3 is 5.97 Å². The van der Waals surface area contributed by atoms with Gasteiger partial charge in [0.15, 0.2) is 0 Å². The molecule has 3 aliphatic heterocycles. The quantitative estimate of drug-likeness (QED) is 0.280. The summed E-state index contributed by atoms with van der Waals surface area (Å²) in [5.41, 5.74) is -1.02. The van der Waals surface area contributed by atoms with Crippen molar-refractivity contribution in [1.29, 1.82) is 0 Å². The van der Waals surface area contributed by atoms with E-state index in [1.165, 1.54) is 6.42 Å². The van der Waals surface area contributed by atoms with Crippen LogP contribution in [0.4, 0.5) is 0 Å². The van der Waals surface area contributed by atoms with Crippen LogP contribution in [0.25, 0.3) is 0 Å². The summed E-state index contributed by atoms with van der Waals surface area (Å²) in [7, 11) is 0. The van der Waals surface area contributed by atoms with Crippen LogP contribution < -0.4 is 0 Å². The van der Waals surface area contributed by atoms with Crippen LogP contribution in [-0.4, -0.2) is 82.8 Å². The SMILES string of the molecule is C=CCCOC(=O)[C@@H]1[C@H]2C(=O)N(CCCO)C(C(=O)N(CC=C)C3CCCCC3)C23CC[C@H]1O3. The Kier molecular flexibility index (Phi) is 7.77. The molecule has 0 aromatic carbocycles. The van der Waals surface area contributed by atoms with Gasteiger partial charge < -0.3 is 24.4 Å². The minimum absolute atomic E-state index is 0.0855. The van der Waals surface area contributed by atoms with Crippen molar-refractivity contribution < 1.29 is 29.0 Å². The maximum Gasteiger partial charge on any atom is 0.312 e. The van der Waals surface area contributed by atoms with Gasteiger partial charge in [-0.25, -0.2) is 0 Å². The first kappa shape index (κ1) is 24.9. The first-order valence-electron chi connectivity index (χ1n) is 12.8. The molecule has 2 bridgehead atoms. The molecule has 1 aliphatic carbocycles.